The van der Waals surface area contributed by atoms with E-state index in [4.69, 9.17) is 5.11 Å². The predicted molar refractivity (Wildman–Crippen MR) is 97.4 cm³/mol. The molecule has 0 aromatic carbocycles. The van der Waals surface area contributed by atoms with Crippen molar-refractivity contribution in [2.75, 3.05) is 13.2 Å². The van der Waals surface area contributed by atoms with Gasteiger partial charge in [-0.15, -0.1) is 0 Å². The predicted octanol–water partition coefficient (Wildman–Crippen LogP) is 5.02. The molecule has 0 amide bonds. The molecule has 1 aliphatic rings. The molecule has 0 fully saturated rings. The molecule has 122 valence electrons. The van der Waals surface area contributed by atoms with Gasteiger partial charge >= 0.3 is 0 Å². The molecule has 0 saturated carbocycles. The van der Waals surface area contributed by atoms with E-state index in [9.17, 15) is 0 Å². The Labute approximate surface area is 136 Å². The van der Waals surface area contributed by atoms with Crippen molar-refractivity contribution in [3.8, 4) is 0 Å². The Kier molecular flexibility index (Phi) is 7.53. The minimum absolute atomic E-state index is 0.104. The zero-order valence-corrected chi connectivity index (χ0v) is 14.8. The van der Waals surface area contributed by atoms with Gasteiger partial charge in [0.15, 0.2) is 0 Å². The molecule has 1 aliphatic carbocycles. The largest absolute Gasteiger partial charge is 0.394 e. The van der Waals surface area contributed by atoms with Crippen molar-refractivity contribution >= 4 is 5.71 Å². The number of hydrogen-bond donors (Lipinski definition) is 1. The molecule has 0 aliphatic heterocycles. The molecule has 0 spiro atoms. The first-order valence-corrected chi connectivity index (χ1v) is 8.22. The second kappa shape index (κ2) is 8.89. The van der Waals surface area contributed by atoms with E-state index in [1.165, 1.54) is 36.0 Å². The summed E-state index contributed by atoms with van der Waals surface area (Å²) in [6.45, 7) is 11.6. The Bertz CT molecular complexity index is 516. The number of allylic oxidation sites excluding steroid dienone is 8. The normalized spacial score (nSPS) is 20.5. The summed E-state index contributed by atoms with van der Waals surface area (Å²) < 4.78 is 0. The number of aliphatic hydroxyl groups excluding tert-OH is 1. The maximum absolute atomic E-state index is 8.73. The molecule has 0 aromatic heterocycles. The van der Waals surface area contributed by atoms with Gasteiger partial charge in [0.1, 0.15) is 0 Å². The Morgan fingerprint density at radius 3 is 2.64 bits per heavy atom. The average Bonchev–Trinajstić information content (AvgIpc) is 2.43. The van der Waals surface area contributed by atoms with Crippen LogP contribution in [0.5, 0.6) is 0 Å². The highest BCUT2D eigenvalue weighted by molar-refractivity contribution is 5.92. The molecule has 22 heavy (non-hydrogen) atoms. The molecular weight excluding hydrogens is 270 g/mol. The van der Waals surface area contributed by atoms with Gasteiger partial charge in [-0.05, 0) is 57.1 Å². The van der Waals surface area contributed by atoms with E-state index in [2.05, 4.69) is 50.9 Å². The molecule has 0 atom stereocenters. The molecular formula is C20H31NO. The van der Waals surface area contributed by atoms with Gasteiger partial charge in [0.05, 0.1) is 13.2 Å². The third-order valence-electron chi connectivity index (χ3n) is 4.21. The number of nitrogens with zero attached hydrogens (tertiary/aromatic N) is 1. The van der Waals surface area contributed by atoms with Crippen LogP contribution < -0.4 is 0 Å². The molecule has 1 N–H and O–H groups in total. The second-order valence-corrected chi connectivity index (χ2v) is 6.78. The van der Waals surface area contributed by atoms with E-state index in [0.29, 0.717) is 12.0 Å². The summed E-state index contributed by atoms with van der Waals surface area (Å²) in [5.74, 6) is 0. The third-order valence-corrected chi connectivity index (χ3v) is 4.21. The third kappa shape index (κ3) is 6.15. The van der Waals surface area contributed by atoms with Crippen LogP contribution in [-0.4, -0.2) is 24.0 Å². The lowest BCUT2D eigenvalue weighted by Crippen LogP contribution is -2.19. The molecule has 1 rings (SSSR count). The Balaban J connectivity index is 2.73. The Hall–Kier alpha value is -1.41. The topological polar surface area (TPSA) is 32.6 Å². The van der Waals surface area contributed by atoms with E-state index in [0.717, 1.165) is 5.71 Å². The Morgan fingerprint density at radius 2 is 2.00 bits per heavy atom. The SMILES string of the molecule is CC(C=CC1=C(C)CCCC1(C)C)=CC=CC(C)=NCCO. The van der Waals surface area contributed by atoms with Crippen LogP contribution in [0.4, 0.5) is 0 Å². The second-order valence-electron chi connectivity index (χ2n) is 6.78. The first-order valence-electron chi connectivity index (χ1n) is 8.22. The van der Waals surface area contributed by atoms with Crippen LogP contribution in [-0.2, 0) is 0 Å². The first kappa shape index (κ1) is 18.6. The molecule has 0 unspecified atom stereocenters. The highest BCUT2D eigenvalue weighted by Gasteiger charge is 2.26. The molecule has 0 aromatic rings. The zero-order valence-electron chi connectivity index (χ0n) is 14.8. The van der Waals surface area contributed by atoms with E-state index >= 15 is 0 Å². The van der Waals surface area contributed by atoms with Gasteiger partial charge in [0.25, 0.3) is 0 Å². The number of rotatable bonds is 6. The first-order chi connectivity index (χ1) is 10.4. The maximum atomic E-state index is 8.73. The number of hydrogen-bond acceptors (Lipinski definition) is 2. The van der Waals surface area contributed by atoms with Crippen molar-refractivity contribution in [2.24, 2.45) is 10.4 Å². The van der Waals surface area contributed by atoms with E-state index in [-0.39, 0.29) is 6.61 Å². The van der Waals surface area contributed by atoms with Crippen LogP contribution >= 0.6 is 0 Å². The summed E-state index contributed by atoms with van der Waals surface area (Å²) in [4.78, 5) is 4.21. The van der Waals surface area contributed by atoms with Crippen LogP contribution in [0, 0.1) is 5.41 Å². The monoisotopic (exact) mass is 301 g/mol. The van der Waals surface area contributed by atoms with Crippen molar-refractivity contribution in [1.29, 1.82) is 0 Å². The van der Waals surface area contributed by atoms with Gasteiger partial charge in [-0.2, -0.15) is 0 Å². The van der Waals surface area contributed by atoms with Gasteiger partial charge in [-0.1, -0.05) is 49.3 Å². The molecule has 2 heteroatoms. The van der Waals surface area contributed by atoms with Gasteiger partial charge in [-0.25, -0.2) is 0 Å². The fraction of sp³-hybridized carbons (Fsp3) is 0.550. The molecule has 0 heterocycles. The lowest BCUT2D eigenvalue weighted by atomic mass is 9.72. The van der Waals surface area contributed by atoms with Crippen LogP contribution in [0.2, 0.25) is 0 Å². The summed E-state index contributed by atoms with van der Waals surface area (Å²) in [6, 6.07) is 0. The fourth-order valence-corrected chi connectivity index (χ4v) is 2.90. The van der Waals surface area contributed by atoms with Crippen molar-refractivity contribution in [3.63, 3.8) is 0 Å². The summed E-state index contributed by atoms with van der Waals surface area (Å²) in [5.41, 5.74) is 5.49. The van der Waals surface area contributed by atoms with Crippen LogP contribution in [0.15, 0.2) is 52.1 Å². The quantitative estimate of drug-likeness (QED) is 0.542. The van der Waals surface area contributed by atoms with Crippen molar-refractivity contribution < 1.29 is 5.11 Å². The van der Waals surface area contributed by atoms with Gasteiger partial charge < -0.3 is 5.11 Å². The Morgan fingerprint density at radius 1 is 1.27 bits per heavy atom. The molecule has 0 saturated heterocycles. The van der Waals surface area contributed by atoms with Crippen LogP contribution in [0.3, 0.4) is 0 Å². The smallest absolute Gasteiger partial charge is 0.0627 e. The highest BCUT2D eigenvalue weighted by atomic mass is 16.3. The molecule has 2 nitrogen and oxygen atoms in total. The van der Waals surface area contributed by atoms with Crippen LogP contribution in [0.25, 0.3) is 0 Å². The summed E-state index contributed by atoms with van der Waals surface area (Å²) in [6.07, 6.45) is 14.4. The summed E-state index contributed by atoms with van der Waals surface area (Å²) in [7, 11) is 0. The molecule has 0 bridgehead atoms. The number of aliphatic imine (C=N–C) groups is 1. The van der Waals surface area contributed by atoms with Gasteiger partial charge in [0, 0.05) is 5.71 Å². The lowest BCUT2D eigenvalue weighted by Gasteiger charge is -2.32. The van der Waals surface area contributed by atoms with E-state index in [1.807, 2.05) is 19.1 Å². The van der Waals surface area contributed by atoms with Crippen LogP contribution in [0.1, 0.15) is 53.9 Å². The average molecular weight is 301 g/mol. The lowest BCUT2D eigenvalue weighted by molar-refractivity contribution is 0.307. The minimum Gasteiger partial charge on any atom is -0.394 e. The maximum Gasteiger partial charge on any atom is 0.0627 e. The summed E-state index contributed by atoms with van der Waals surface area (Å²) in [5, 5.41) is 8.73. The minimum atomic E-state index is 0.104. The standard InChI is InChI=1S/C20H31NO/c1-16(8-6-10-18(3)21-14-15-22)11-12-19-17(2)9-7-13-20(19,4)5/h6,8,10-12,22H,7,9,13-15H2,1-5H3. The summed E-state index contributed by atoms with van der Waals surface area (Å²) >= 11 is 0. The zero-order chi connectivity index (χ0) is 16.6. The highest BCUT2D eigenvalue weighted by Crippen LogP contribution is 2.40. The fourth-order valence-electron chi connectivity index (χ4n) is 2.90. The van der Waals surface area contributed by atoms with Gasteiger partial charge in [0.2, 0.25) is 0 Å². The van der Waals surface area contributed by atoms with E-state index < -0.39 is 0 Å². The molecule has 0 radical (unpaired) electrons. The number of aliphatic hydroxyl groups is 1. The van der Waals surface area contributed by atoms with Crippen molar-refractivity contribution in [2.45, 2.75) is 53.9 Å². The van der Waals surface area contributed by atoms with Crippen molar-refractivity contribution in [3.05, 3.63) is 47.1 Å². The van der Waals surface area contributed by atoms with Crippen molar-refractivity contribution in [1.82, 2.24) is 0 Å². The van der Waals surface area contributed by atoms with E-state index in [1.54, 1.807) is 0 Å². The van der Waals surface area contributed by atoms with Gasteiger partial charge in [-0.3, -0.25) is 4.99 Å².